The maximum absolute atomic E-state index is 10.9. The summed E-state index contributed by atoms with van der Waals surface area (Å²) in [4.78, 5) is 15.1. The minimum atomic E-state index is -1.02. The maximum atomic E-state index is 10.9. The van der Waals surface area contributed by atoms with Crippen molar-refractivity contribution in [3.63, 3.8) is 0 Å². The molecule has 21 heavy (non-hydrogen) atoms. The summed E-state index contributed by atoms with van der Waals surface area (Å²) < 4.78 is 6.89. The van der Waals surface area contributed by atoms with Crippen molar-refractivity contribution in [2.45, 2.75) is 6.61 Å². The molecule has 2 N–H and O–H groups in total. The Kier molecular flexibility index (Phi) is 3.15. The first-order valence-corrected chi connectivity index (χ1v) is 6.12. The summed E-state index contributed by atoms with van der Waals surface area (Å²) in [6.07, 6.45) is 1.40. The van der Waals surface area contributed by atoms with Crippen molar-refractivity contribution in [3.8, 4) is 11.5 Å². The van der Waals surface area contributed by atoms with Crippen molar-refractivity contribution in [2.75, 3.05) is 0 Å². The summed E-state index contributed by atoms with van der Waals surface area (Å²) in [7, 11) is 0. The fourth-order valence-electron chi connectivity index (χ4n) is 1.81. The molecule has 0 aliphatic carbocycles. The Morgan fingerprint density at radius 1 is 1.19 bits per heavy atom. The van der Waals surface area contributed by atoms with Crippen LogP contribution in [0.1, 0.15) is 16.2 Å². The smallest absolute Gasteiger partial charge is 0.337 e. The Labute approximate surface area is 119 Å². The molecule has 0 atom stereocenters. The zero-order chi connectivity index (χ0) is 14.8. The first kappa shape index (κ1) is 12.9. The van der Waals surface area contributed by atoms with Crippen LogP contribution in [-0.2, 0) is 6.61 Å². The largest absolute Gasteiger partial charge is 0.508 e. The average Bonchev–Trinajstić information content (AvgIpc) is 2.88. The van der Waals surface area contributed by atoms with E-state index in [1.807, 2.05) is 0 Å². The fraction of sp³-hybridized carbons (Fsp3) is 0.0714. The van der Waals surface area contributed by atoms with Crippen molar-refractivity contribution >= 4 is 11.6 Å². The molecule has 7 nitrogen and oxygen atoms in total. The van der Waals surface area contributed by atoms with E-state index in [2.05, 4.69) is 10.1 Å². The highest BCUT2D eigenvalue weighted by atomic mass is 16.5. The molecule has 2 heterocycles. The fourth-order valence-corrected chi connectivity index (χ4v) is 1.81. The van der Waals surface area contributed by atoms with Crippen LogP contribution in [0.3, 0.4) is 0 Å². The normalized spacial score (nSPS) is 10.7. The molecule has 3 aromatic rings. The maximum Gasteiger partial charge on any atom is 0.337 e. The van der Waals surface area contributed by atoms with Crippen molar-refractivity contribution in [1.29, 1.82) is 0 Å². The molecule has 106 valence electrons. The third-order valence-corrected chi connectivity index (χ3v) is 2.83. The second-order valence-electron chi connectivity index (χ2n) is 4.34. The number of ether oxygens (including phenoxy) is 1. The van der Waals surface area contributed by atoms with E-state index in [-0.39, 0.29) is 17.9 Å². The number of fused-ring (bicyclic) bond motifs is 1. The highest BCUT2D eigenvalue weighted by Gasteiger charge is 2.08. The molecule has 1 aromatic carbocycles. The number of nitrogens with zero attached hydrogens (tertiary/aromatic N) is 3. The Hall–Kier alpha value is -3.09. The van der Waals surface area contributed by atoms with E-state index in [4.69, 9.17) is 9.84 Å². The molecule has 0 radical (unpaired) electrons. The van der Waals surface area contributed by atoms with Crippen LogP contribution in [0.25, 0.3) is 5.65 Å². The summed E-state index contributed by atoms with van der Waals surface area (Å²) in [5.74, 6) is 0.159. The topological polar surface area (TPSA) is 97.0 Å². The summed E-state index contributed by atoms with van der Waals surface area (Å²) in [5, 5.41) is 22.3. The predicted octanol–water partition coefficient (Wildman–Crippen LogP) is 1.71. The van der Waals surface area contributed by atoms with Gasteiger partial charge in [0, 0.05) is 6.20 Å². The molecule has 0 bridgehead atoms. The zero-order valence-electron chi connectivity index (χ0n) is 10.8. The van der Waals surface area contributed by atoms with E-state index in [1.54, 1.807) is 18.2 Å². The number of carboxylic acids is 1. The molecule has 0 fully saturated rings. The number of aromatic carboxylic acids is 1. The molecule has 0 spiro atoms. The van der Waals surface area contributed by atoms with Crippen molar-refractivity contribution < 1.29 is 19.7 Å². The van der Waals surface area contributed by atoms with Gasteiger partial charge in [-0.2, -0.15) is 0 Å². The van der Waals surface area contributed by atoms with Gasteiger partial charge in [-0.3, -0.25) is 0 Å². The third kappa shape index (κ3) is 2.76. The zero-order valence-corrected chi connectivity index (χ0v) is 10.8. The first-order valence-electron chi connectivity index (χ1n) is 6.12. The lowest BCUT2D eigenvalue weighted by atomic mass is 10.3. The van der Waals surface area contributed by atoms with E-state index < -0.39 is 5.97 Å². The number of aromatic nitrogens is 3. The van der Waals surface area contributed by atoms with Gasteiger partial charge in [-0.05, 0) is 36.4 Å². The summed E-state index contributed by atoms with van der Waals surface area (Å²) in [6.45, 7) is 0.148. The summed E-state index contributed by atoms with van der Waals surface area (Å²) >= 11 is 0. The third-order valence-electron chi connectivity index (χ3n) is 2.83. The van der Waals surface area contributed by atoms with Gasteiger partial charge in [-0.1, -0.05) is 0 Å². The highest BCUT2D eigenvalue weighted by Crippen LogP contribution is 2.17. The molecular formula is C14H11N3O4. The molecule has 7 heteroatoms. The second-order valence-corrected chi connectivity index (χ2v) is 4.34. The SMILES string of the molecule is O=C(O)c1ccc2nc(COc3ccc(O)cc3)nn2c1. The average molecular weight is 285 g/mol. The minimum absolute atomic E-state index is 0.137. The lowest BCUT2D eigenvalue weighted by Crippen LogP contribution is -2.00. The van der Waals surface area contributed by atoms with Crippen molar-refractivity contribution in [2.24, 2.45) is 0 Å². The van der Waals surface area contributed by atoms with Gasteiger partial charge in [0.1, 0.15) is 18.1 Å². The Morgan fingerprint density at radius 2 is 1.95 bits per heavy atom. The number of rotatable bonds is 4. The van der Waals surface area contributed by atoms with Crippen LogP contribution < -0.4 is 4.74 Å². The standard InChI is InChI=1S/C14H11N3O4/c18-10-2-4-11(5-3-10)21-8-12-15-13-6-1-9(14(19)20)7-17(13)16-12/h1-7,18H,8H2,(H,19,20). The van der Waals surface area contributed by atoms with Gasteiger partial charge in [0.05, 0.1) is 5.56 Å². The predicted molar refractivity (Wildman–Crippen MR) is 72.4 cm³/mol. The van der Waals surface area contributed by atoms with Gasteiger partial charge in [0.2, 0.25) is 0 Å². The Bertz CT molecular complexity index is 796. The van der Waals surface area contributed by atoms with Gasteiger partial charge in [0.15, 0.2) is 11.5 Å². The van der Waals surface area contributed by atoms with Crippen molar-refractivity contribution in [1.82, 2.24) is 14.6 Å². The molecule has 0 aliphatic heterocycles. The van der Waals surface area contributed by atoms with Crippen LogP contribution in [0.15, 0.2) is 42.6 Å². The van der Waals surface area contributed by atoms with Gasteiger partial charge in [0.25, 0.3) is 0 Å². The van der Waals surface area contributed by atoms with E-state index in [0.717, 1.165) is 0 Å². The molecule has 0 saturated heterocycles. The summed E-state index contributed by atoms with van der Waals surface area (Å²) in [6, 6.07) is 9.36. The Balaban J connectivity index is 1.78. The van der Waals surface area contributed by atoms with Crippen LogP contribution in [0.2, 0.25) is 0 Å². The number of carbonyl (C=O) groups is 1. The van der Waals surface area contributed by atoms with E-state index in [9.17, 15) is 9.90 Å². The van der Waals surface area contributed by atoms with Gasteiger partial charge >= 0.3 is 5.97 Å². The van der Waals surface area contributed by atoms with Gasteiger partial charge in [-0.25, -0.2) is 14.3 Å². The Morgan fingerprint density at radius 3 is 2.67 bits per heavy atom. The van der Waals surface area contributed by atoms with Crippen LogP contribution in [0, 0.1) is 0 Å². The number of carboxylic acid groups (broad SMARTS) is 1. The van der Waals surface area contributed by atoms with Crippen LogP contribution in [0.5, 0.6) is 11.5 Å². The van der Waals surface area contributed by atoms with Crippen LogP contribution >= 0.6 is 0 Å². The molecule has 0 saturated carbocycles. The number of hydrogen-bond acceptors (Lipinski definition) is 5. The molecule has 0 aliphatic rings. The van der Waals surface area contributed by atoms with Gasteiger partial charge in [-0.15, -0.1) is 5.10 Å². The molecular weight excluding hydrogens is 274 g/mol. The molecule has 2 aromatic heterocycles. The lowest BCUT2D eigenvalue weighted by Gasteiger charge is -2.02. The summed E-state index contributed by atoms with van der Waals surface area (Å²) in [5.41, 5.74) is 0.683. The highest BCUT2D eigenvalue weighted by molar-refractivity contribution is 5.87. The molecule has 3 rings (SSSR count). The first-order chi connectivity index (χ1) is 10.1. The van der Waals surface area contributed by atoms with Gasteiger partial charge < -0.3 is 14.9 Å². The molecule has 0 amide bonds. The number of pyridine rings is 1. The van der Waals surface area contributed by atoms with E-state index >= 15 is 0 Å². The second kappa shape index (κ2) is 5.12. The number of hydrogen-bond donors (Lipinski definition) is 2. The quantitative estimate of drug-likeness (QED) is 0.757. The number of benzene rings is 1. The number of aromatic hydroxyl groups is 1. The van der Waals surface area contributed by atoms with E-state index in [1.165, 1.54) is 28.9 Å². The monoisotopic (exact) mass is 285 g/mol. The van der Waals surface area contributed by atoms with Crippen LogP contribution in [0.4, 0.5) is 0 Å². The number of phenolic OH excluding ortho intramolecular Hbond substituents is 1. The number of phenols is 1. The van der Waals surface area contributed by atoms with Crippen LogP contribution in [-0.4, -0.2) is 30.8 Å². The minimum Gasteiger partial charge on any atom is -0.508 e. The van der Waals surface area contributed by atoms with E-state index in [0.29, 0.717) is 17.2 Å². The lowest BCUT2D eigenvalue weighted by molar-refractivity contribution is 0.0696. The molecule has 0 unspecified atom stereocenters. The van der Waals surface area contributed by atoms with Crippen molar-refractivity contribution in [3.05, 3.63) is 54.0 Å².